The maximum atomic E-state index is 11.7. The first-order chi connectivity index (χ1) is 9.28. The molecule has 0 aromatic heterocycles. The molecule has 5 nitrogen and oxygen atoms in total. The number of nitrogens with one attached hydrogen (secondary N) is 2. The second-order valence-electron chi connectivity index (χ2n) is 4.82. The summed E-state index contributed by atoms with van der Waals surface area (Å²) in [6.45, 7) is 2.75. The maximum Gasteiger partial charge on any atom is 0.319 e. The van der Waals surface area contributed by atoms with Crippen molar-refractivity contribution in [1.82, 2.24) is 5.32 Å². The molecule has 1 aliphatic heterocycles. The Morgan fingerprint density at radius 3 is 2.79 bits per heavy atom. The molecular formula is C14H21N3O2. The summed E-state index contributed by atoms with van der Waals surface area (Å²) >= 11 is 0. The lowest BCUT2D eigenvalue weighted by Gasteiger charge is -2.22. The van der Waals surface area contributed by atoms with E-state index in [0.717, 1.165) is 37.3 Å². The number of benzene rings is 1. The Morgan fingerprint density at radius 1 is 1.37 bits per heavy atom. The Balaban J connectivity index is 1.73. The normalized spacial score (nSPS) is 18.9. The zero-order valence-corrected chi connectivity index (χ0v) is 11.0. The summed E-state index contributed by atoms with van der Waals surface area (Å²) in [4.78, 5) is 11.7. The maximum absolute atomic E-state index is 11.7. The second kappa shape index (κ2) is 7.11. The number of carbonyl (C=O) groups is 1. The van der Waals surface area contributed by atoms with Gasteiger partial charge in [0.1, 0.15) is 0 Å². The standard InChI is InChI=1S/C14H21N3O2/c15-8-11-3-5-13(6-4-11)17-14(18)16-9-12-2-1-7-19-10-12/h3-6,12H,1-2,7-10,15H2,(H2,16,17,18). The molecule has 104 valence electrons. The molecule has 1 aromatic rings. The van der Waals surface area contributed by atoms with Gasteiger partial charge in [-0.1, -0.05) is 12.1 Å². The SMILES string of the molecule is NCc1ccc(NC(=O)NCC2CCCOC2)cc1. The molecule has 2 amide bonds. The molecule has 1 fully saturated rings. The van der Waals surface area contributed by atoms with Crippen LogP contribution in [-0.2, 0) is 11.3 Å². The van der Waals surface area contributed by atoms with Gasteiger partial charge in [-0.05, 0) is 36.5 Å². The Kier molecular flexibility index (Phi) is 5.18. The number of hydrogen-bond donors (Lipinski definition) is 3. The van der Waals surface area contributed by atoms with E-state index in [1.54, 1.807) is 0 Å². The van der Waals surface area contributed by atoms with Crippen LogP contribution >= 0.6 is 0 Å². The number of ether oxygens (including phenoxy) is 1. The monoisotopic (exact) mass is 263 g/mol. The largest absolute Gasteiger partial charge is 0.381 e. The van der Waals surface area contributed by atoms with Gasteiger partial charge in [-0.3, -0.25) is 0 Å². The Bertz CT molecular complexity index is 400. The predicted molar refractivity (Wildman–Crippen MR) is 74.9 cm³/mol. The van der Waals surface area contributed by atoms with Crippen LogP contribution in [0, 0.1) is 5.92 Å². The number of nitrogens with two attached hydrogens (primary N) is 1. The number of anilines is 1. The lowest BCUT2D eigenvalue weighted by molar-refractivity contribution is 0.0559. The zero-order valence-electron chi connectivity index (χ0n) is 11.0. The molecule has 0 radical (unpaired) electrons. The highest BCUT2D eigenvalue weighted by Crippen LogP contribution is 2.12. The van der Waals surface area contributed by atoms with Gasteiger partial charge in [0.15, 0.2) is 0 Å². The summed E-state index contributed by atoms with van der Waals surface area (Å²) in [5, 5.41) is 5.68. The van der Waals surface area contributed by atoms with Crippen molar-refractivity contribution in [3.63, 3.8) is 0 Å². The van der Waals surface area contributed by atoms with E-state index in [-0.39, 0.29) is 6.03 Å². The number of amides is 2. The molecule has 1 unspecified atom stereocenters. The van der Waals surface area contributed by atoms with Gasteiger partial charge in [-0.25, -0.2) is 4.79 Å². The summed E-state index contributed by atoms with van der Waals surface area (Å²) in [5.41, 5.74) is 7.34. The molecule has 0 aliphatic carbocycles. The predicted octanol–water partition coefficient (Wildman–Crippen LogP) is 1.69. The number of urea groups is 1. The Hall–Kier alpha value is -1.59. The highest BCUT2D eigenvalue weighted by atomic mass is 16.5. The average molecular weight is 263 g/mol. The van der Waals surface area contributed by atoms with Crippen molar-refractivity contribution in [3.05, 3.63) is 29.8 Å². The fourth-order valence-electron chi connectivity index (χ4n) is 2.10. The van der Waals surface area contributed by atoms with E-state index < -0.39 is 0 Å². The summed E-state index contributed by atoms with van der Waals surface area (Å²) in [6, 6.07) is 7.35. The van der Waals surface area contributed by atoms with Gasteiger partial charge in [-0.2, -0.15) is 0 Å². The molecule has 1 atom stereocenters. The number of hydrogen-bond acceptors (Lipinski definition) is 3. The third-order valence-electron chi connectivity index (χ3n) is 3.25. The van der Waals surface area contributed by atoms with Gasteiger partial charge >= 0.3 is 6.03 Å². The molecule has 5 heteroatoms. The van der Waals surface area contributed by atoms with Gasteiger partial charge in [0.25, 0.3) is 0 Å². The summed E-state index contributed by atoms with van der Waals surface area (Å²) < 4.78 is 5.37. The molecule has 0 saturated carbocycles. The van der Waals surface area contributed by atoms with Crippen LogP contribution in [0.1, 0.15) is 18.4 Å². The highest BCUT2D eigenvalue weighted by molar-refractivity contribution is 5.89. The first kappa shape index (κ1) is 13.8. The summed E-state index contributed by atoms with van der Waals surface area (Å²) in [7, 11) is 0. The van der Waals surface area contributed by atoms with Crippen LogP contribution in [0.3, 0.4) is 0 Å². The first-order valence-electron chi connectivity index (χ1n) is 6.69. The van der Waals surface area contributed by atoms with E-state index in [2.05, 4.69) is 10.6 Å². The highest BCUT2D eigenvalue weighted by Gasteiger charge is 2.14. The van der Waals surface area contributed by atoms with E-state index in [1.165, 1.54) is 0 Å². The van der Waals surface area contributed by atoms with Crippen LogP contribution in [0.2, 0.25) is 0 Å². The van der Waals surface area contributed by atoms with Crippen LogP contribution < -0.4 is 16.4 Å². The fourth-order valence-corrected chi connectivity index (χ4v) is 2.10. The van der Waals surface area contributed by atoms with Crippen molar-refractivity contribution in [1.29, 1.82) is 0 Å². The molecule has 19 heavy (non-hydrogen) atoms. The third kappa shape index (κ3) is 4.54. The molecule has 0 spiro atoms. The molecule has 1 heterocycles. The van der Waals surface area contributed by atoms with Crippen molar-refractivity contribution in [3.8, 4) is 0 Å². The van der Waals surface area contributed by atoms with Crippen LogP contribution in [0.25, 0.3) is 0 Å². The van der Waals surface area contributed by atoms with Gasteiger partial charge in [0.05, 0.1) is 6.61 Å². The van der Waals surface area contributed by atoms with E-state index >= 15 is 0 Å². The van der Waals surface area contributed by atoms with Gasteiger partial charge < -0.3 is 21.1 Å². The topological polar surface area (TPSA) is 76.4 Å². The van der Waals surface area contributed by atoms with Crippen molar-refractivity contribution < 1.29 is 9.53 Å². The lowest BCUT2D eigenvalue weighted by Crippen LogP contribution is -2.35. The van der Waals surface area contributed by atoms with Crippen molar-refractivity contribution >= 4 is 11.7 Å². The minimum atomic E-state index is -0.175. The smallest absolute Gasteiger partial charge is 0.319 e. The third-order valence-corrected chi connectivity index (χ3v) is 3.25. The van der Waals surface area contributed by atoms with Crippen molar-refractivity contribution in [2.75, 3.05) is 25.1 Å². The Labute approximate surface area is 113 Å². The molecule has 1 aromatic carbocycles. The van der Waals surface area contributed by atoms with Gasteiger partial charge in [0.2, 0.25) is 0 Å². The molecule has 0 bridgehead atoms. The van der Waals surface area contributed by atoms with Crippen LogP contribution in [-0.4, -0.2) is 25.8 Å². The lowest BCUT2D eigenvalue weighted by atomic mass is 10.0. The van der Waals surface area contributed by atoms with Crippen molar-refractivity contribution in [2.24, 2.45) is 11.7 Å². The average Bonchev–Trinajstić information content (AvgIpc) is 2.47. The van der Waals surface area contributed by atoms with E-state index in [0.29, 0.717) is 19.0 Å². The number of rotatable bonds is 4. The quantitative estimate of drug-likeness (QED) is 0.773. The molecule has 1 saturated heterocycles. The van der Waals surface area contributed by atoms with E-state index in [4.69, 9.17) is 10.5 Å². The first-order valence-corrected chi connectivity index (χ1v) is 6.69. The van der Waals surface area contributed by atoms with Crippen LogP contribution in [0.4, 0.5) is 10.5 Å². The molecular weight excluding hydrogens is 242 g/mol. The molecule has 4 N–H and O–H groups in total. The zero-order chi connectivity index (χ0) is 13.5. The van der Waals surface area contributed by atoms with Crippen LogP contribution in [0.15, 0.2) is 24.3 Å². The van der Waals surface area contributed by atoms with Crippen molar-refractivity contribution in [2.45, 2.75) is 19.4 Å². The summed E-state index contributed by atoms with van der Waals surface area (Å²) in [5.74, 6) is 0.430. The minimum absolute atomic E-state index is 0.175. The van der Waals surface area contributed by atoms with Gasteiger partial charge in [-0.15, -0.1) is 0 Å². The Morgan fingerprint density at radius 2 is 2.16 bits per heavy atom. The number of carbonyl (C=O) groups excluding carboxylic acids is 1. The molecule has 2 rings (SSSR count). The van der Waals surface area contributed by atoms with Crippen LogP contribution in [0.5, 0.6) is 0 Å². The minimum Gasteiger partial charge on any atom is -0.381 e. The van der Waals surface area contributed by atoms with Gasteiger partial charge in [0, 0.05) is 25.4 Å². The van der Waals surface area contributed by atoms with E-state index in [9.17, 15) is 4.79 Å². The second-order valence-corrected chi connectivity index (χ2v) is 4.82. The fraction of sp³-hybridized carbons (Fsp3) is 0.500. The molecule has 1 aliphatic rings. The summed E-state index contributed by atoms with van der Waals surface area (Å²) in [6.07, 6.45) is 2.19. The van der Waals surface area contributed by atoms with E-state index in [1.807, 2.05) is 24.3 Å².